The second-order valence-corrected chi connectivity index (χ2v) is 4.47. The van der Waals surface area contributed by atoms with Crippen LogP contribution in [-0.2, 0) is 0 Å². The van der Waals surface area contributed by atoms with E-state index in [0.717, 1.165) is 0 Å². The normalized spacial score (nSPS) is 8.00. The van der Waals surface area contributed by atoms with Crippen LogP contribution in [0.1, 0.15) is 0 Å². The Morgan fingerprint density at radius 3 is 2.29 bits per heavy atom. The summed E-state index contributed by atoms with van der Waals surface area (Å²) in [7, 11) is -0.634. The maximum Gasteiger partial charge on any atom is 0.116 e. The van der Waals surface area contributed by atoms with Crippen molar-refractivity contribution in [3.8, 4) is 11.5 Å². The Kier molecular flexibility index (Phi) is 4.27. The van der Waals surface area contributed by atoms with Crippen molar-refractivity contribution < 1.29 is 0 Å². The summed E-state index contributed by atoms with van der Waals surface area (Å²) in [5, 5.41) is 0. The van der Waals surface area contributed by atoms with E-state index in [0.29, 0.717) is 5.88 Å². The molecule has 0 unspecified atom stereocenters. The summed E-state index contributed by atoms with van der Waals surface area (Å²) in [4.78, 5) is 0. The molecular weight excluding hydrogens is 124 g/mol. The highest BCUT2D eigenvalue weighted by atomic mass is 35.5. The highest BCUT2D eigenvalue weighted by Crippen LogP contribution is 1.74. The van der Waals surface area contributed by atoms with Crippen molar-refractivity contribution in [2.75, 3.05) is 5.88 Å². The van der Waals surface area contributed by atoms with Gasteiger partial charge in [-0.25, -0.2) is 0 Å². The van der Waals surface area contributed by atoms with E-state index in [1.807, 2.05) is 0 Å². The van der Waals surface area contributed by atoms with Gasteiger partial charge in [-0.15, -0.1) is 17.1 Å². The molecule has 0 saturated heterocycles. The summed E-state index contributed by atoms with van der Waals surface area (Å²) in [5.41, 5.74) is 3.05. The Morgan fingerprint density at radius 1 is 1.57 bits per heavy atom. The molecule has 0 atom stereocenters. The summed E-state index contributed by atoms with van der Waals surface area (Å²) in [6.45, 7) is 4.36. The molecule has 40 valence electrons. The number of rotatable bonds is 0. The van der Waals surface area contributed by atoms with E-state index in [-0.39, 0.29) is 0 Å². The fourth-order valence-corrected chi connectivity index (χ4v) is 0.960. The van der Waals surface area contributed by atoms with Crippen molar-refractivity contribution >= 4 is 20.4 Å². The van der Waals surface area contributed by atoms with Gasteiger partial charge in [0.1, 0.15) is 8.80 Å². The minimum atomic E-state index is -0.634. The van der Waals surface area contributed by atoms with Gasteiger partial charge < -0.3 is 0 Å². The fraction of sp³-hybridized carbons (Fsp3) is 0.600. The Labute approximate surface area is 51.5 Å². The standard InChI is InChI=1S/C5H9ClSi/c1-7(2)5-3-4-6/h7H,4H2,1-2H3. The van der Waals surface area contributed by atoms with Gasteiger partial charge in [-0.1, -0.05) is 19.0 Å². The first-order chi connectivity index (χ1) is 3.27. The summed E-state index contributed by atoms with van der Waals surface area (Å²) >= 11 is 5.29. The average Bonchev–Trinajstić information content (AvgIpc) is 1.61. The van der Waals surface area contributed by atoms with Crippen molar-refractivity contribution in [1.82, 2.24) is 0 Å². The van der Waals surface area contributed by atoms with Gasteiger partial charge in [0.2, 0.25) is 0 Å². The molecule has 0 nitrogen and oxygen atoms in total. The Bertz CT molecular complexity index is 88.0. The number of hydrogen-bond acceptors (Lipinski definition) is 0. The van der Waals surface area contributed by atoms with Crippen LogP contribution in [-0.4, -0.2) is 14.7 Å². The van der Waals surface area contributed by atoms with E-state index in [9.17, 15) is 0 Å². The lowest BCUT2D eigenvalue weighted by Crippen LogP contribution is -1.92. The van der Waals surface area contributed by atoms with Crippen molar-refractivity contribution in [2.45, 2.75) is 13.1 Å². The fourth-order valence-electron chi connectivity index (χ4n) is 0.243. The lowest BCUT2D eigenvalue weighted by atomic mass is 10.8. The molecule has 0 aromatic carbocycles. The van der Waals surface area contributed by atoms with E-state index in [4.69, 9.17) is 11.6 Å². The Balaban J connectivity index is 3.24. The molecule has 0 N–H and O–H groups in total. The maximum absolute atomic E-state index is 5.29. The average molecular weight is 133 g/mol. The van der Waals surface area contributed by atoms with Gasteiger partial charge >= 0.3 is 0 Å². The molecule has 0 fully saturated rings. The van der Waals surface area contributed by atoms with Crippen molar-refractivity contribution in [3.05, 3.63) is 0 Å². The minimum Gasteiger partial charge on any atom is -0.135 e. The van der Waals surface area contributed by atoms with Crippen LogP contribution in [0, 0.1) is 11.5 Å². The Morgan fingerprint density at radius 2 is 2.14 bits per heavy atom. The molecule has 0 rings (SSSR count). The van der Waals surface area contributed by atoms with Crippen LogP contribution in [0.15, 0.2) is 0 Å². The van der Waals surface area contributed by atoms with Crippen LogP contribution < -0.4 is 0 Å². The molecule has 0 bridgehead atoms. The van der Waals surface area contributed by atoms with Crippen LogP contribution in [0.5, 0.6) is 0 Å². The van der Waals surface area contributed by atoms with Crippen LogP contribution in [0.4, 0.5) is 0 Å². The predicted octanol–water partition coefficient (Wildman–Crippen LogP) is 1.25. The van der Waals surface area contributed by atoms with Crippen LogP contribution >= 0.6 is 11.6 Å². The van der Waals surface area contributed by atoms with Gasteiger partial charge in [-0.3, -0.25) is 0 Å². The first-order valence-electron chi connectivity index (χ1n) is 2.31. The molecule has 0 aliphatic rings. The maximum atomic E-state index is 5.29. The smallest absolute Gasteiger partial charge is 0.116 e. The van der Waals surface area contributed by atoms with Crippen LogP contribution in [0.3, 0.4) is 0 Å². The van der Waals surface area contributed by atoms with E-state index in [1.165, 1.54) is 0 Å². The zero-order chi connectivity index (χ0) is 5.70. The predicted molar refractivity (Wildman–Crippen MR) is 37.4 cm³/mol. The van der Waals surface area contributed by atoms with Crippen molar-refractivity contribution in [2.24, 2.45) is 0 Å². The summed E-state index contributed by atoms with van der Waals surface area (Å²) < 4.78 is 0. The summed E-state index contributed by atoms with van der Waals surface area (Å²) in [6, 6.07) is 0. The molecule has 0 aromatic rings. The second-order valence-electron chi connectivity index (χ2n) is 1.61. The molecule has 0 saturated carbocycles. The quantitative estimate of drug-likeness (QED) is 0.265. The number of halogens is 1. The van der Waals surface area contributed by atoms with Gasteiger partial charge in [0.25, 0.3) is 0 Å². The van der Waals surface area contributed by atoms with Gasteiger partial charge in [0, 0.05) is 0 Å². The first kappa shape index (κ1) is 7.07. The van der Waals surface area contributed by atoms with Gasteiger partial charge in [0.15, 0.2) is 0 Å². The largest absolute Gasteiger partial charge is 0.135 e. The molecule has 0 radical (unpaired) electrons. The number of alkyl halides is 1. The second kappa shape index (κ2) is 4.23. The highest BCUT2D eigenvalue weighted by Gasteiger charge is 1.81. The highest BCUT2D eigenvalue weighted by molar-refractivity contribution is 6.64. The van der Waals surface area contributed by atoms with Crippen LogP contribution in [0.25, 0.3) is 0 Å². The molecule has 0 aliphatic carbocycles. The van der Waals surface area contributed by atoms with E-state index >= 15 is 0 Å². The molecule has 7 heavy (non-hydrogen) atoms. The lowest BCUT2D eigenvalue weighted by Gasteiger charge is -1.80. The monoisotopic (exact) mass is 132 g/mol. The topological polar surface area (TPSA) is 0 Å². The SMILES string of the molecule is C[SiH](C)C#CCCl. The zero-order valence-corrected chi connectivity index (χ0v) is 6.57. The third-order valence-corrected chi connectivity index (χ3v) is 1.37. The minimum absolute atomic E-state index is 0.491. The third-order valence-electron chi connectivity index (χ3n) is 0.458. The molecule has 0 aliphatic heterocycles. The molecule has 0 amide bonds. The van der Waals surface area contributed by atoms with Crippen molar-refractivity contribution in [3.63, 3.8) is 0 Å². The zero-order valence-electron chi connectivity index (χ0n) is 4.66. The molecular formula is C5H9ClSi. The van der Waals surface area contributed by atoms with Gasteiger partial charge in [-0.05, 0) is 0 Å². The van der Waals surface area contributed by atoms with Crippen molar-refractivity contribution in [1.29, 1.82) is 0 Å². The van der Waals surface area contributed by atoms with E-state index in [1.54, 1.807) is 0 Å². The summed E-state index contributed by atoms with van der Waals surface area (Å²) in [5.74, 6) is 3.32. The summed E-state index contributed by atoms with van der Waals surface area (Å²) in [6.07, 6.45) is 0. The molecule has 0 aromatic heterocycles. The molecule has 0 spiro atoms. The lowest BCUT2D eigenvalue weighted by molar-refractivity contribution is 1.91. The van der Waals surface area contributed by atoms with E-state index in [2.05, 4.69) is 24.6 Å². The van der Waals surface area contributed by atoms with Gasteiger partial charge in [0.05, 0.1) is 5.88 Å². The van der Waals surface area contributed by atoms with E-state index < -0.39 is 8.80 Å². The third kappa shape index (κ3) is 6.07. The number of hydrogen-bond donors (Lipinski definition) is 0. The van der Waals surface area contributed by atoms with Gasteiger partial charge in [-0.2, -0.15) is 0 Å². The molecule has 0 heterocycles. The Hall–Kier alpha value is 0.0669. The van der Waals surface area contributed by atoms with Crippen LogP contribution in [0.2, 0.25) is 13.1 Å². The first-order valence-corrected chi connectivity index (χ1v) is 5.74. The molecule has 2 heteroatoms.